The van der Waals surface area contributed by atoms with Crippen molar-refractivity contribution in [3.05, 3.63) is 10.6 Å². The van der Waals surface area contributed by atoms with E-state index < -0.39 is 0 Å². The molecule has 0 saturated carbocycles. The Morgan fingerprint density at radius 3 is 2.47 bits per heavy atom. The first-order valence-electron chi connectivity index (χ1n) is 6.21. The molecule has 1 heterocycles. The molecular formula is C13H25N3S. The van der Waals surface area contributed by atoms with Gasteiger partial charge in [-0.3, -0.25) is 0 Å². The van der Waals surface area contributed by atoms with Crippen LogP contribution in [0.1, 0.15) is 38.3 Å². The minimum Gasteiger partial charge on any atom is -0.351 e. The average molecular weight is 255 g/mol. The van der Waals surface area contributed by atoms with Gasteiger partial charge in [-0.1, -0.05) is 27.7 Å². The fraction of sp³-hybridized carbons (Fsp3) is 0.769. The molecule has 0 spiro atoms. The van der Waals surface area contributed by atoms with E-state index in [1.54, 1.807) is 0 Å². The first kappa shape index (κ1) is 14.5. The molecule has 1 N–H and O–H groups in total. The van der Waals surface area contributed by atoms with Gasteiger partial charge in [0.2, 0.25) is 0 Å². The van der Waals surface area contributed by atoms with Gasteiger partial charge < -0.3 is 10.2 Å². The molecule has 0 amide bonds. The Hall–Kier alpha value is -0.610. The average Bonchev–Trinajstić information content (AvgIpc) is 2.59. The predicted molar refractivity (Wildman–Crippen MR) is 77.0 cm³/mol. The normalized spacial score (nSPS) is 11.9. The second kappa shape index (κ2) is 5.83. The monoisotopic (exact) mass is 255 g/mol. The zero-order chi connectivity index (χ0) is 13.1. The van der Waals surface area contributed by atoms with Crippen molar-refractivity contribution >= 4 is 16.5 Å². The van der Waals surface area contributed by atoms with Crippen LogP contribution < -0.4 is 10.2 Å². The number of nitrogens with zero attached hydrogens (tertiary/aromatic N) is 2. The third-order valence-corrected chi connectivity index (χ3v) is 3.69. The van der Waals surface area contributed by atoms with Gasteiger partial charge in [0.15, 0.2) is 5.13 Å². The van der Waals surface area contributed by atoms with Gasteiger partial charge in [-0.2, -0.15) is 0 Å². The molecule has 1 aromatic rings. The van der Waals surface area contributed by atoms with E-state index in [2.05, 4.69) is 45.0 Å². The molecule has 0 unspecified atom stereocenters. The molecule has 1 rings (SSSR count). The summed E-state index contributed by atoms with van der Waals surface area (Å²) in [6.45, 7) is 10.9. The fourth-order valence-electron chi connectivity index (χ4n) is 1.89. The van der Waals surface area contributed by atoms with Gasteiger partial charge in [0, 0.05) is 25.0 Å². The Kier molecular flexibility index (Phi) is 4.95. The van der Waals surface area contributed by atoms with Gasteiger partial charge in [-0.05, 0) is 18.9 Å². The number of hydrogen-bond donors (Lipinski definition) is 1. The molecule has 0 bridgehead atoms. The second-order valence-corrected chi connectivity index (χ2v) is 6.73. The molecule has 0 radical (unpaired) electrons. The molecule has 0 atom stereocenters. The summed E-state index contributed by atoms with van der Waals surface area (Å²) in [6.07, 6.45) is 1.01. The Morgan fingerprint density at radius 1 is 1.35 bits per heavy atom. The number of aromatic nitrogens is 1. The van der Waals surface area contributed by atoms with E-state index in [1.165, 1.54) is 10.6 Å². The van der Waals surface area contributed by atoms with Crippen molar-refractivity contribution in [3.63, 3.8) is 0 Å². The second-order valence-electron chi connectivity index (χ2n) is 5.67. The molecular weight excluding hydrogens is 230 g/mol. The molecule has 0 aliphatic rings. The van der Waals surface area contributed by atoms with E-state index in [1.807, 2.05) is 18.4 Å². The predicted octanol–water partition coefficient (Wildman–Crippen LogP) is 2.91. The highest BCUT2D eigenvalue weighted by molar-refractivity contribution is 7.15. The molecule has 17 heavy (non-hydrogen) atoms. The van der Waals surface area contributed by atoms with E-state index in [0.717, 1.165) is 24.6 Å². The van der Waals surface area contributed by atoms with Gasteiger partial charge in [0.25, 0.3) is 0 Å². The van der Waals surface area contributed by atoms with Crippen molar-refractivity contribution in [2.24, 2.45) is 5.41 Å². The van der Waals surface area contributed by atoms with Crippen LogP contribution in [-0.4, -0.2) is 25.6 Å². The minimum atomic E-state index is 0.302. The van der Waals surface area contributed by atoms with Crippen molar-refractivity contribution in [1.29, 1.82) is 0 Å². The standard InChI is InChI=1S/C13H25N3S/c1-7-10-11(8-14-5)17-12(15-10)16(6)9-13(2,3)4/h14H,7-9H2,1-6H3. The van der Waals surface area contributed by atoms with Crippen molar-refractivity contribution in [2.75, 3.05) is 25.5 Å². The van der Waals surface area contributed by atoms with Gasteiger partial charge in [-0.15, -0.1) is 11.3 Å². The molecule has 0 aliphatic heterocycles. The van der Waals surface area contributed by atoms with Crippen LogP contribution in [0.2, 0.25) is 0 Å². The van der Waals surface area contributed by atoms with E-state index in [4.69, 9.17) is 4.98 Å². The molecule has 1 aromatic heterocycles. The van der Waals surface area contributed by atoms with Crippen LogP contribution in [0.15, 0.2) is 0 Å². The zero-order valence-electron chi connectivity index (χ0n) is 11.9. The molecule has 0 aromatic carbocycles. The van der Waals surface area contributed by atoms with Crippen molar-refractivity contribution < 1.29 is 0 Å². The Balaban J connectivity index is 2.83. The van der Waals surface area contributed by atoms with Crippen molar-refractivity contribution in [2.45, 2.75) is 40.7 Å². The number of hydrogen-bond acceptors (Lipinski definition) is 4. The summed E-state index contributed by atoms with van der Waals surface area (Å²) in [6, 6.07) is 0. The van der Waals surface area contributed by atoms with Gasteiger partial charge in [-0.25, -0.2) is 4.98 Å². The molecule has 4 heteroatoms. The van der Waals surface area contributed by atoms with E-state index >= 15 is 0 Å². The molecule has 0 fully saturated rings. The summed E-state index contributed by atoms with van der Waals surface area (Å²) < 4.78 is 0. The number of anilines is 1. The lowest BCUT2D eigenvalue weighted by Crippen LogP contribution is -2.28. The number of aryl methyl sites for hydroxylation is 1. The number of rotatable bonds is 5. The minimum absolute atomic E-state index is 0.302. The highest BCUT2D eigenvalue weighted by Gasteiger charge is 2.17. The maximum atomic E-state index is 4.74. The van der Waals surface area contributed by atoms with Gasteiger partial charge >= 0.3 is 0 Å². The lowest BCUT2D eigenvalue weighted by atomic mass is 9.96. The first-order valence-corrected chi connectivity index (χ1v) is 7.03. The fourth-order valence-corrected chi connectivity index (χ4v) is 3.01. The van der Waals surface area contributed by atoms with Crippen molar-refractivity contribution in [3.8, 4) is 0 Å². The SMILES string of the molecule is CCc1nc(N(C)CC(C)(C)C)sc1CNC. The summed E-state index contributed by atoms with van der Waals surface area (Å²) in [5.41, 5.74) is 1.54. The van der Waals surface area contributed by atoms with Gasteiger partial charge in [0.1, 0.15) is 0 Å². The topological polar surface area (TPSA) is 28.2 Å². The van der Waals surface area contributed by atoms with Crippen LogP contribution in [0.5, 0.6) is 0 Å². The summed E-state index contributed by atoms with van der Waals surface area (Å²) in [5.74, 6) is 0. The zero-order valence-corrected chi connectivity index (χ0v) is 12.7. The van der Waals surface area contributed by atoms with Crippen LogP contribution in [0.3, 0.4) is 0 Å². The Labute approximate surface area is 109 Å². The highest BCUT2D eigenvalue weighted by Crippen LogP contribution is 2.28. The van der Waals surface area contributed by atoms with Crippen molar-refractivity contribution in [1.82, 2.24) is 10.3 Å². The molecule has 0 aliphatic carbocycles. The van der Waals surface area contributed by atoms with Crippen LogP contribution in [0.25, 0.3) is 0 Å². The first-order chi connectivity index (χ1) is 7.87. The lowest BCUT2D eigenvalue weighted by Gasteiger charge is -2.26. The quantitative estimate of drug-likeness (QED) is 0.877. The largest absolute Gasteiger partial charge is 0.351 e. The molecule has 0 saturated heterocycles. The maximum Gasteiger partial charge on any atom is 0.185 e. The molecule has 98 valence electrons. The summed E-state index contributed by atoms with van der Waals surface area (Å²) in [7, 11) is 4.12. The van der Waals surface area contributed by atoms with Crippen LogP contribution in [0, 0.1) is 5.41 Å². The maximum absolute atomic E-state index is 4.74. The summed E-state index contributed by atoms with van der Waals surface area (Å²) in [5, 5.41) is 4.35. The Morgan fingerprint density at radius 2 is 2.00 bits per heavy atom. The van der Waals surface area contributed by atoms with E-state index in [9.17, 15) is 0 Å². The van der Waals surface area contributed by atoms with Crippen LogP contribution >= 0.6 is 11.3 Å². The Bertz CT molecular complexity index is 352. The van der Waals surface area contributed by atoms with Crippen LogP contribution in [0.4, 0.5) is 5.13 Å². The van der Waals surface area contributed by atoms with Crippen LogP contribution in [-0.2, 0) is 13.0 Å². The molecule has 3 nitrogen and oxygen atoms in total. The lowest BCUT2D eigenvalue weighted by molar-refractivity contribution is 0.418. The third-order valence-electron chi connectivity index (χ3n) is 2.48. The third kappa shape index (κ3) is 4.28. The summed E-state index contributed by atoms with van der Waals surface area (Å²) >= 11 is 1.81. The smallest absolute Gasteiger partial charge is 0.185 e. The number of thiazole rings is 1. The summed E-state index contributed by atoms with van der Waals surface area (Å²) in [4.78, 5) is 8.37. The highest BCUT2D eigenvalue weighted by atomic mass is 32.1. The number of nitrogens with one attached hydrogen (secondary N) is 1. The van der Waals surface area contributed by atoms with Gasteiger partial charge in [0.05, 0.1) is 5.69 Å². The van der Waals surface area contributed by atoms with E-state index in [-0.39, 0.29) is 0 Å². The van der Waals surface area contributed by atoms with E-state index in [0.29, 0.717) is 5.41 Å².